The second-order valence-corrected chi connectivity index (χ2v) is 9.09. The van der Waals surface area contributed by atoms with E-state index in [-0.39, 0.29) is 13.2 Å². The maximum absolute atomic E-state index is 11.9. The van der Waals surface area contributed by atoms with Crippen LogP contribution in [0.5, 0.6) is 11.5 Å². The number of aliphatic carboxylic acids is 1. The number of fused-ring (bicyclic) bond motifs is 2. The minimum Gasteiger partial charge on any atom is -0.484 e. The molecule has 0 atom stereocenters. The molecule has 6 aromatic rings. The molecule has 0 amide bonds. The zero-order valence-corrected chi connectivity index (χ0v) is 21.5. The minimum atomic E-state index is -1.34. The summed E-state index contributed by atoms with van der Waals surface area (Å²) in [6.45, 7) is 0.252. The molecule has 10 nitrogen and oxygen atoms in total. The van der Waals surface area contributed by atoms with Crippen molar-refractivity contribution in [2.24, 2.45) is 5.16 Å². The van der Waals surface area contributed by atoms with Crippen molar-refractivity contribution in [3.63, 3.8) is 0 Å². The smallest absolute Gasteiger partial charge is 0.354 e. The maximum Gasteiger partial charge on any atom is 0.354 e. The Bertz CT molecular complexity index is 1650. The Balaban J connectivity index is 1.17. The summed E-state index contributed by atoms with van der Waals surface area (Å²) in [5.74, 6) is -0.245. The second-order valence-electron chi connectivity index (χ2n) is 9.09. The van der Waals surface area contributed by atoms with Crippen LogP contribution >= 0.6 is 0 Å². The molecular formula is C31H23N3O7. The van der Waals surface area contributed by atoms with Gasteiger partial charge in [0, 0.05) is 0 Å². The summed E-state index contributed by atoms with van der Waals surface area (Å²) in [4.78, 5) is 20.7. The van der Waals surface area contributed by atoms with E-state index in [4.69, 9.17) is 18.3 Å². The third-order valence-electron chi connectivity index (χ3n) is 6.43. The number of para-hydroxylation sites is 4. The third kappa shape index (κ3) is 5.57. The lowest BCUT2D eigenvalue weighted by Gasteiger charge is -2.18. The summed E-state index contributed by atoms with van der Waals surface area (Å²) in [6, 6.07) is 28.6. The summed E-state index contributed by atoms with van der Waals surface area (Å²) in [6.07, 6.45) is 0. The van der Waals surface area contributed by atoms with Crippen LogP contribution in [0.3, 0.4) is 0 Å². The fourth-order valence-corrected chi connectivity index (χ4v) is 4.50. The fraction of sp³-hybridized carbons (Fsp3) is 0.0968. The zero-order valence-electron chi connectivity index (χ0n) is 21.5. The molecule has 0 radical (unpaired) electrons. The average Bonchev–Trinajstić information content (AvgIpc) is 3.62. The summed E-state index contributed by atoms with van der Waals surface area (Å²) in [5.41, 5.74) is 3.61. The van der Waals surface area contributed by atoms with Gasteiger partial charge in [-0.25, -0.2) is 14.8 Å². The normalized spacial score (nSPS) is 11.8. The zero-order chi connectivity index (χ0) is 28.2. The van der Waals surface area contributed by atoms with Crippen molar-refractivity contribution in [2.75, 3.05) is 0 Å². The van der Waals surface area contributed by atoms with Gasteiger partial charge in [-0.05, 0) is 59.7 Å². The minimum absolute atomic E-state index is 0.126. The molecule has 0 bridgehead atoms. The number of hydrogen-bond donors (Lipinski definition) is 2. The van der Waals surface area contributed by atoms with E-state index in [2.05, 4.69) is 15.1 Å². The first kappa shape index (κ1) is 25.6. The highest BCUT2D eigenvalue weighted by Gasteiger charge is 2.27. The molecule has 0 aliphatic carbocycles. The van der Waals surface area contributed by atoms with Gasteiger partial charge in [0.1, 0.15) is 22.5 Å². The van der Waals surface area contributed by atoms with Crippen LogP contribution in [-0.2, 0) is 18.0 Å². The number of rotatable bonds is 10. The summed E-state index contributed by atoms with van der Waals surface area (Å²) < 4.78 is 23.0. The first-order valence-corrected chi connectivity index (χ1v) is 12.7. The van der Waals surface area contributed by atoms with Gasteiger partial charge in [-0.3, -0.25) is 0 Å². The van der Waals surface area contributed by atoms with Gasteiger partial charge >= 0.3 is 5.97 Å². The number of aromatic nitrogens is 2. The van der Waals surface area contributed by atoms with Crippen molar-refractivity contribution in [2.45, 2.75) is 19.1 Å². The van der Waals surface area contributed by atoms with Gasteiger partial charge in [-0.2, -0.15) is 0 Å². The lowest BCUT2D eigenvalue weighted by atomic mass is 9.87. The van der Waals surface area contributed by atoms with Gasteiger partial charge in [0.2, 0.25) is 11.8 Å². The second kappa shape index (κ2) is 11.2. The van der Waals surface area contributed by atoms with Crippen molar-refractivity contribution in [3.8, 4) is 11.5 Å². The van der Waals surface area contributed by atoms with Gasteiger partial charge in [0.25, 0.3) is 0 Å². The largest absolute Gasteiger partial charge is 0.484 e. The molecule has 41 heavy (non-hydrogen) atoms. The number of oxazole rings is 2. The molecule has 0 saturated heterocycles. The van der Waals surface area contributed by atoms with Gasteiger partial charge in [0.15, 0.2) is 30.1 Å². The van der Waals surface area contributed by atoms with Gasteiger partial charge < -0.3 is 28.6 Å². The fourth-order valence-electron chi connectivity index (χ4n) is 4.50. The summed E-state index contributed by atoms with van der Waals surface area (Å²) in [5, 5.41) is 22.4. The van der Waals surface area contributed by atoms with Crippen LogP contribution in [0.1, 0.15) is 28.8 Å². The lowest BCUT2D eigenvalue weighted by molar-refractivity contribution is -0.129. The number of benzene rings is 4. The first-order chi connectivity index (χ1) is 20.1. The molecule has 4 aromatic carbocycles. The molecule has 2 aromatic heterocycles. The van der Waals surface area contributed by atoms with E-state index in [1.165, 1.54) is 0 Å². The highest BCUT2D eigenvalue weighted by atomic mass is 16.5. The van der Waals surface area contributed by atoms with Crippen LogP contribution in [0.2, 0.25) is 0 Å². The Hall–Kier alpha value is -5.64. The molecule has 0 saturated carbocycles. The Morgan fingerprint density at radius 3 is 1.54 bits per heavy atom. The molecule has 0 unspecified atom stereocenters. The Morgan fingerprint density at radius 2 is 1.15 bits per heavy atom. The molecule has 0 spiro atoms. The lowest BCUT2D eigenvalue weighted by Crippen LogP contribution is -2.23. The topological polar surface area (TPSA) is 140 Å². The summed E-state index contributed by atoms with van der Waals surface area (Å²) >= 11 is 0. The van der Waals surface area contributed by atoms with Gasteiger partial charge in [0.05, 0.1) is 5.92 Å². The number of carboxylic acid groups (broad SMARTS) is 1. The molecule has 2 N–H and O–H groups in total. The van der Waals surface area contributed by atoms with Crippen molar-refractivity contribution in [1.82, 2.24) is 9.97 Å². The van der Waals surface area contributed by atoms with E-state index in [9.17, 15) is 15.1 Å². The van der Waals surface area contributed by atoms with E-state index in [1.54, 1.807) is 48.5 Å². The standard InChI is InChI=1S/C31H23N3O7/c35-31(36)30(34-37)29(19-9-13-21(14-10-19)38-17-27-32-23-5-1-3-7-25(23)40-27)20-11-15-22(16-12-20)39-18-28-33-24-6-2-4-8-26(24)41-28/h1-16,29,37H,17-18H2,(H,35,36). The van der Waals surface area contributed by atoms with E-state index in [1.807, 2.05) is 48.5 Å². The number of oxime groups is 1. The predicted octanol–water partition coefficient (Wildman–Crippen LogP) is 6.17. The van der Waals surface area contributed by atoms with Crippen molar-refractivity contribution < 1.29 is 33.4 Å². The third-order valence-corrected chi connectivity index (χ3v) is 6.43. The van der Waals surface area contributed by atoms with Crippen molar-refractivity contribution in [3.05, 3.63) is 120 Å². The number of ether oxygens (including phenoxy) is 2. The number of hydrogen-bond acceptors (Lipinski definition) is 9. The van der Waals surface area contributed by atoms with Gasteiger partial charge in [-0.15, -0.1) is 0 Å². The highest BCUT2D eigenvalue weighted by Crippen LogP contribution is 2.30. The van der Waals surface area contributed by atoms with Gasteiger partial charge in [-0.1, -0.05) is 53.7 Å². The van der Waals surface area contributed by atoms with Crippen molar-refractivity contribution in [1.29, 1.82) is 0 Å². The average molecular weight is 550 g/mol. The molecule has 2 heterocycles. The Morgan fingerprint density at radius 1 is 0.707 bits per heavy atom. The van der Waals surface area contributed by atoms with E-state index >= 15 is 0 Å². The molecule has 6 rings (SSSR count). The molecule has 0 aliphatic heterocycles. The molecule has 204 valence electrons. The quantitative estimate of drug-likeness (QED) is 0.116. The number of carbonyl (C=O) groups is 1. The van der Waals surface area contributed by atoms with Crippen LogP contribution in [0.15, 0.2) is 111 Å². The van der Waals surface area contributed by atoms with Crippen LogP contribution in [0.25, 0.3) is 22.2 Å². The molecule has 10 heteroatoms. The first-order valence-electron chi connectivity index (χ1n) is 12.7. The van der Waals surface area contributed by atoms with Crippen LogP contribution in [-0.4, -0.2) is 32.0 Å². The van der Waals surface area contributed by atoms with E-state index < -0.39 is 17.6 Å². The molecular weight excluding hydrogens is 526 g/mol. The number of nitrogens with zero attached hydrogens (tertiary/aromatic N) is 3. The van der Waals surface area contributed by atoms with E-state index in [0.717, 1.165) is 11.0 Å². The maximum atomic E-state index is 11.9. The Labute approximate surface area is 233 Å². The SMILES string of the molecule is O=C(O)C(=NO)C(c1ccc(OCc2nc3ccccc3o2)cc1)c1ccc(OCc2nc3ccccc3o2)cc1. The van der Waals surface area contributed by atoms with Crippen LogP contribution in [0, 0.1) is 0 Å². The predicted molar refractivity (Wildman–Crippen MR) is 148 cm³/mol. The molecule has 0 aliphatic rings. The highest BCUT2D eigenvalue weighted by molar-refractivity contribution is 6.38. The van der Waals surface area contributed by atoms with Crippen LogP contribution in [0.4, 0.5) is 0 Å². The summed E-state index contributed by atoms with van der Waals surface area (Å²) in [7, 11) is 0. The number of carboxylic acids is 1. The Kier molecular flexibility index (Phi) is 7.02. The van der Waals surface area contributed by atoms with Crippen LogP contribution < -0.4 is 9.47 Å². The molecule has 0 fully saturated rings. The van der Waals surface area contributed by atoms with Crippen molar-refractivity contribution >= 4 is 33.9 Å². The van der Waals surface area contributed by atoms with E-state index in [0.29, 0.717) is 45.6 Å². The monoisotopic (exact) mass is 549 g/mol.